The Morgan fingerprint density at radius 2 is 2.14 bits per heavy atom. The van der Waals surface area contributed by atoms with Gasteiger partial charge in [-0.2, -0.15) is 0 Å². The summed E-state index contributed by atoms with van der Waals surface area (Å²) < 4.78 is 42.3. The molecule has 9 nitrogen and oxygen atoms in total. The molecule has 11 heteroatoms. The van der Waals surface area contributed by atoms with Crippen LogP contribution in [0.1, 0.15) is 41.2 Å². The SMILES string of the molecule is COc1c(N2CCC(C(c3ncco3)N(C)C)C2)c(F)cc2c(=O)c(C(=O)O)cn(C3CC3F)c12. The third-order valence-electron chi connectivity index (χ3n) is 6.92. The first-order chi connectivity index (χ1) is 16.7. The fourth-order valence-corrected chi connectivity index (χ4v) is 5.26. The normalized spacial score (nSPS) is 22.7. The number of fused-ring (bicyclic) bond motifs is 1. The predicted molar refractivity (Wildman–Crippen MR) is 123 cm³/mol. The molecular weight excluding hydrogens is 462 g/mol. The number of rotatable bonds is 7. The highest BCUT2D eigenvalue weighted by atomic mass is 19.1. The van der Waals surface area contributed by atoms with E-state index in [9.17, 15) is 19.1 Å². The van der Waals surface area contributed by atoms with E-state index in [0.29, 0.717) is 19.0 Å². The number of aromatic carboxylic acids is 1. The highest BCUT2D eigenvalue weighted by Gasteiger charge is 2.42. The fraction of sp³-hybridized carbons (Fsp3) is 0.458. The molecule has 0 bridgehead atoms. The first-order valence-corrected chi connectivity index (χ1v) is 11.4. The lowest BCUT2D eigenvalue weighted by Crippen LogP contribution is -2.30. The number of oxazole rings is 1. The number of carboxylic acids is 1. The maximum absolute atomic E-state index is 15.6. The Bertz CT molecular complexity index is 1340. The van der Waals surface area contributed by atoms with Gasteiger partial charge < -0.3 is 23.7 Å². The number of pyridine rings is 1. The molecule has 0 spiro atoms. The lowest BCUT2D eigenvalue weighted by Gasteiger charge is -2.28. The minimum Gasteiger partial charge on any atom is -0.492 e. The van der Waals surface area contributed by atoms with Gasteiger partial charge >= 0.3 is 5.97 Å². The standard InChI is InChI=1S/C24H26F2N4O5/c1-28(2)18(23-27-5-7-35-23)12-4-6-29(10-12)20-16(26)8-13-19(22(20)34-3)30(17-9-15(17)25)11-14(21(13)31)24(32)33/h5,7-8,11-12,15,17-18H,4,6,9-10H2,1-3H3,(H,32,33). The number of aromatic nitrogens is 2. The van der Waals surface area contributed by atoms with Gasteiger partial charge in [-0.25, -0.2) is 18.6 Å². The number of hydrogen-bond donors (Lipinski definition) is 1. The van der Waals surface area contributed by atoms with Gasteiger partial charge in [0.25, 0.3) is 0 Å². The lowest BCUT2D eigenvalue weighted by atomic mass is 9.98. The largest absolute Gasteiger partial charge is 0.492 e. The molecule has 1 saturated carbocycles. The summed E-state index contributed by atoms with van der Waals surface area (Å²) in [7, 11) is 5.22. The number of methoxy groups -OCH3 is 1. The molecule has 2 fully saturated rings. The Kier molecular flexibility index (Phi) is 5.74. The van der Waals surface area contributed by atoms with Crippen molar-refractivity contribution < 1.29 is 27.8 Å². The number of halogens is 2. The van der Waals surface area contributed by atoms with Crippen molar-refractivity contribution in [1.29, 1.82) is 0 Å². The van der Waals surface area contributed by atoms with Crippen molar-refractivity contribution >= 4 is 22.6 Å². The number of anilines is 1. The summed E-state index contributed by atoms with van der Waals surface area (Å²) in [6.45, 7) is 0.984. The summed E-state index contributed by atoms with van der Waals surface area (Å²) >= 11 is 0. The molecule has 4 unspecified atom stereocenters. The zero-order valence-electron chi connectivity index (χ0n) is 19.6. The molecule has 186 valence electrons. The number of carbonyl (C=O) groups is 1. The summed E-state index contributed by atoms with van der Waals surface area (Å²) in [5.74, 6) is -1.42. The van der Waals surface area contributed by atoms with Crippen LogP contribution in [0.5, 0.6) is 5.75 Å². The van der Waals surface area contributed by atoms with Gasteiger partial charge in [0.05, 0.1) is 36.3 Å². The molecule has 3 aromatic rings. The Balaban J connectivity index is 1.63. The van der Waals surface area contributed by atoms with E-state index in [4.69, 9.17) is 9.15 Å². The molecule has 2 aliphatic rings. The molecule has 1 aromatic carbocycles. The van der Waals surface area contributed by atoms with E-state index < -0.39 is 35.0 Å². The number of benzene rings is 1. The van der Waals surface area contributed by atoms with Crippen molar-refractivity contribution in [3.63, 3.8) is 0 Å². The van der Waals surface area contributed by atoms with Crippen LogP contribution in [0, 0.1) is 11.7 Å². The molecular formula is C24H26F2N4O5. The molecule has 0 amide bonds. The quantitative estimate of drug-likeness (QED) is 0.541. The van der Waals surface area contributed by atoms with Crippen LogP contribution >= 0.6 is 0 Å². The van der Waals surface area contributed by atoms with E-state index in [0.717, 1.165) is 18.7 Å². The molecule has 1 N–H and O–H groups in total. The average molecular weight is 488 g/mol. The van der Waals surface area contributed by atoms with E-state index in [2.05, 4.69) is 4.98 Å². The van der Waals surface area contributed by atoms with Crippen molar-refractivity contribution in [3.05, 3.63) is 52.2 Å². The van der Waals surface area contributed by atoms with Crippen LogP contribution in [0.25, 0.3) is 10.9 Å². The van der Waals surface area contributed by atoms with Crippen LogP contribution in [0.4, 0.5) is 14.5 Å². The van der Waals surface area contributed by atoms with Crippen molar-refractivity contribution in [2.24, 2.45) is 5.92 Å². The third kappa shape index (κ3) is 3.83. The van der Waals surface area contributed by atoms with E-state index in [1.807, 2.05) is 23.9 Å². The zero-order valence-corrected chi connectivity index (χ0v) is 19.6. The van der Waals surface area contributed by atoms with Gasteiger partial charge in [-0.15, -0.1) is 0 Å². The third-order valence-corrected chi connectivity index (χ3v) is 6.92. The second-order valence-electron chi connectivity index (χ2n) is 9.31. The van der Waals surface area contributed by atoms with Crippen molar-refractivity contribution in [1.82, 2.24) is 14.5 Å². The summed E-state index contributed by atoms with van der Waals surface area (Å²) in [5.41, 5.74) is -1.00. The second-order valence-corrected chi connectivity index (χ2v) is 9.31. The average Bonchev–Trinajstić information content (AvgIpc) is 3.19. The van der Waals surface area contributed by atoms with E-state index in [1.165, 1.54) is 17.9 Å². The van der Waals surface area contributed by atoms with Crippen LogP contribution in [0.3, 0.4) is 0 Å². The molecule has 1 aliphatic heterocycles. The summed E-state index contributed by atoms with van der Waals surface area (Å²) in [4.78, 5) is 32.7. The Morgan fingerprint density at radius 3 is 2.71 bits per heavy atom. The molecule has 1 saturated heterocycles. The molecule has 1 aliphatic carbocycles. The van der Waals surface area contributed by atoms with Gasteiger partial charge in [0, 0.05) is 31.6 Å². The van der Waals surface area contributed by atoms with E-state index in [1.54, 1.807) is 6.20 Å². The molecule has 2 aromatic heterocycles. The van der Waals surface area contributed by atoms with Gasteiger partial charge in [-0.1, -0.05) is 0 Å². The smallest absolute Gasteiger partial charge is 0.341 e. The van der Waals surface area contributed by atoms with Crippen LogP contribution in [0.15, 0.2) is 33.9 Å². The molecule has 5 rings (SSSR count). The highest BCUT2D eigenvalue weighted by Crippen LogP contribution is 2.46. The number of alkyl halides is 1. The van der Waals surface area contributed by atoms with Crippen LogP contribution < -0.4 is 15.1 Å². The van der Waals surface area contributed by atoms with Gasteiger partial charge in [0.1, 0.15) is 23.7 Å². The minimum absolute atomic E-state index is 0.0682. The van der Waals surface area contributed by atoms with Crippen LogP contribution in [0.2, 0.25) is 0 Å². The topological polar surface area (TPSA) is 101 Å². The van der Waals surface area contributed by atoms with Gasteiger partial charge in [-0.3, -0.25) is 9.69 Å². The zero-order chi connectivity index (χ0) is 25.0. The Labute approximate surface area is 199 Å². The second kappa shape index (κ2) is 8.63. The highest BCUT2D eigenvalue weighted by molar-refractivity contribution is 5.97. The number of ether oxygens (including phenoxy) is 1. The van der Waals surface area contributed by atoms with Gasteiger partial charge in [0.15, 0.2) is 11.6 Å². The maximum atomic E-state index is 15.6. The van der Waals surface area contributed by atoms with Gasteiger partial charge in [-0.05, 0) is 26.6 Å². The van der Waals surface area contributed by atoms with Gasteiger partial charge in [0.2, 0.25) is 11.3 Å². The number of hydrogen-bond acceptors (Lipinski definition) is 7. The Morgan fingerprint density at radius 1 is 1.40 bits per heavy atom. The number of carboxylic acid groups (broad SMARTS) is 1. The first kappa shape index (κ1) is 23.3. The Hall–Kier alpha value is -3.47. The monoisotopic (exact) mass is 488 g/mol. The molecule has 0 radical (unpaired) electrons. The first-order valence-electron chi connectivity index (χ1n) is 11.4. The molecule has 4 atom stereocenters. The predicted octanol–water partition coefficient (Wildman–Crippen LogP) is 3.25. The molecule has 3 heterocycles. The summed E-state index contributed by atoms with van der Waals surface area (Å²) in [6.07, 6.45) is 3.97. The summed E-state index contributed by atoms with van der Waals surface area (Å²) in [5, 5.41) is 9.34. The maximum Gasteiger partial charge on any atom is 0.341 e. The fourth-order valence-electron chi connectivity index (χ4n) is 5.26. The lowest BCUT2D eigenvalue weighted by molar-refractivity contribution is 0.0694. The summed E-state index contributed by atoms with van der Waals surface area (Å²) in [6, 6.07) is 0.274. The van der Waals surface area contributed by atoms with Crippen LogP contribution in [-0.4, -0.2) is 66.0 Å². The van der Waals surface area contributed by atoms with Crippen molar-refractivity contribution in [2.45, 2.75) is 31.1 Å². The van der Waals surface area contributed by atoms with Crippen molar-refractivity contribution in [3.8, 4) is 5.75 Å². The van der Waals surface area contributed by atoms with E-state index in [-0.39, 0.29) is 40.7 Å². The minimum atomic E-state index is -1.45. The number of nitrogens with zero attached hydrogens (tertiary/aromatic N) is 4. The molecule has 35 heavy (non-hydrogen) atoms. The van der Waals surface area contributed by atoms with Crippen LogP contribution in [-0.2, 0) is 0 Å². The van der Waals surface area contributed by atoms with E-state index >= 15 is 4.39 Å². The van der Waals surface area contributed by atoms with Crippen molar-refractivity contribution in [2.75, 3.05) is 39.2 Å².